The second kappa shape index (κ2) is 5.99. The number of likely N-dealkylation sites (tertiary alicyclic amines) is 1. The lowest BCUT2D eigenvalue weighted by Crippen LogP contribution is -2.58. The average molecular weight is 256 g/mol. The Labute approximate surface area is 109 Å². The van der Waals surface area contributed by atoms with Gasteiger partial charge >= 0.3 is 0 Å². The molecule has 0 aromatic rings. The highest BCUT2D eigenvalue weighted by atomic mass is 16.5. The van der Waals surface area contributed by atoms with E-state index in [1.54, 1.807) is 0 Å². The molecule has 2 fully saturated rings. The number of carbonyl (C=O) groups excluding carboxylic acids is 1. The quantitative estimate of drug-likeness (QED) is 0.777. The topological polar surface area (TPSA) is 53.0 Å². The third kappa shape index (κ3) is 2.84. The van der Waals surface area contributed by atoms with Crippen LogP contribution in [0.3, 0.4) is 0 Å². The largest absolute Gasteiger partial charge is 0.394 e. The normalized spacial score (nSPS) is 28.1. The van der Waals surface area contributed by atoms with Gasteiger partial charge in [-0.3, -0.25) is 4.79 Å². The van der Waals surface area contributed by atoms with Gasteiger partial charge in [-0.15, -0.1) is 0 Å². The van der Waals surface area contributed by atoms with E-state index in [1.807, 2.05) is 4.90 Å². The van der Waals surface area contributed by atoms with Gasteiger partial charge in [0, 0.05) is 25.2 Å². The van der Waals surface area contributed by atoms with Crippen LogP contribution < -0.4 is 0 Å². The molecule has 0 bridgehead atoms. The van der Waals surface area contributed by atoms with Crippen LogP contribution >= 0.6 is 0 Å². The highest BCUT2D eigenvalue weighted by Crippen LogP contribution is 2.22. The predicted octanol–water partition coefficient (Wildman–Crippen LogP) is 0.0789. The van der Waals surface area contributed by atoms with Crippen LogP contribution in [0.25, 0.3) is 0 Å². The molecule has 0 saturated carbocycles. The number of piperidine rings is 1. The fourth-order valence-electron chi connectivity index (χ4n) is 2.96. The molecular weight excluding hydrogens is 232 g/mol. The van der Waals surface area contributed by atoms with Crippen molar-refractivity contribution in [2.45, 2.75) is 44.8 Å². The van der Waals surface area contributed by atoms with Crippen LogP contribution in [0.5, 0.6) is 0 Å². The summed E-state index contributed by atoms with van der Waals surface area (Å²) in [6.45, 7) is 7.10. The van der Waals surface area contributed by atoms with Crippen molar-refractivity contribution in [3.05, 3.63) is 0 Å². The number of aliphatic hydroxyl groups excluding tert-OH is 1. The summed E-state index contributed by atoms with van der Waals surface area (Å²) in [5.74, 6) is 0.0308. The molecule has 2 rings (SSSR count). The molecule has 2 saturated heterocycles. The molecular formula is C13H24N2O3. The molecule has 5 nitrogen and oxygen atoms in total. The Hall–Kier alpha value is -0.650. The molecule has 2 aliphatic rings. The summed E-state index contributed by atoms with van der Waals surface area (Å²) in [7, 11) is 0. The molecule has 1 atom stereocenters. The number of amides is 1. The smallest absolute Gasteiger partial charge is 0.249 e. The lowest BCUT2D eigenvalue weighted by molar-refractivity contribution is -0.155. The molecule has 1 unspecified atom stereocenters. The Balaban J connectivity index is 1.96. The third-order valence-electron chi connectivity index (χ3n) is 4.05. The molecule has 0 aliphatic carbocycles. The van der Waals surface area contributed by atoms with Crippen molar-refractivity contribution >= 4 is 5.91 Å². The van der Waals surface area contributed by atoms with Crippen LogP contribution in [-0.4, -0.2) is 71.8 Å². The lowest BCUT2D eigenvalue weighted by atomic mass is 9.99. The zero-order valence-electron chi connectivity index (χ0n) is 11.3. The monoisotopic (exact) mass is 256 g/mol. The minimum absolute atomic E-state index is 0.00383. The van der Waals surface area contributed by atoms with E-state index in [-0.39, 0.29) is 31.2 Å². The van der Waals surface area contributed by atoms with Gasteiger partial charge in [-0.05, 0) is 26.7 Å². The standard InChI is InChI=1S/C13H24N2O3/c1-10(2)14-5-3-11(4-6-14)15-12(7-16)8-18-9-13(15)17/h10-12,16H,3-9H2,1-2H3. The van der Waals surface area contributed by atoms with Gasteiger partial charge in [-0.25, -0.2) is 0 Å². The van der Waals surface area contributed by atoms with E-state index in [4.69, 9.17) is 4.74 Å². The highest BCUT2D eigenvalue weighted by molar-refractivity contribution is 5.78. The van der Waals surface area contributed by atoms with E-state index < -0.39 is 0 Å². The van der Waals surface area contributed by atoms with Gasteiger partial charge in [-0.1, -0.05) is 0 Å². The first kappa shape index (κ1) is 13.8. The van der Waals surface area contributed by atoms with E-state index in [1.165, 1.54) is 0 Å². The molecule has 0 aromatic carbocycles. The maximum Gasteiger partial charge on any atom is 0.249 e. The first-order chi connectivity index (χ1) is 8.63. The van der Waals surface area contributed by atoms with Crippen LogP contribution in [0.1, 0.15) is 26.7 Å². The van der Waals surface area contributed by atoms with Crippen LogP contribution in [0.2, 0.25) is 0 Å². The molecule has 1 N–H and O–H groups in total. The second-order valence-electron chi connectivity index (χ2n) is 5.51. The van der Waals surface area contributed by atoms with E-state index in [2.05, 4.69) is 18.7 Å². The number of ether oxygens (including phenoxy) is 1. The van der Waals surface area contributed by atoms with Crippen LogP contribution in [0.15, 0.2) is 0 Å². The summed E-state index contributed by atoms with van der Waals surface area (Å²) in [6, 6.07) is 0.690. The molecule has 1 amide bonds. The van der Waals surface area contributed by atoms with E-state index in [0.717, 1.165) is 25.9 Å². The Morgan fingerprint density at radius 1 is 1.39 bits per heavy atom. The van der Waals surface area contributed by atoms with Crippen molar-refractivity contribution in [1.82, 2.24) is 9.80 Å². The Morgan fingerprint density at radius 2 is 2.06 bits per heavy atom. The predicted molar refractivity (Wildman–Crippen MR) is 68.3 cm³/mol. The van der Waals surface area contributed by atoms with Gasteiger partial charge < -0.3 is 19.6 Å². The first-order valence-electron chi connectivity index (χ1n) is 6.87. The SMILES string of the molecule is CC(C)N1CCC(N2C(=O)COCC2CO)CC1. The van der Waals surface area contributed by atoms with Crippen LogP contribution in [0.4, 0.5) is 0 Å². The number of carbonyl (C=O) groups is 1. The summed E-state index contributed by atoms with van der Waals surface area (Å²) in [5.41, 5.74) is 0. The molecule has 104 valence electrons. The van der Waals surface area contributed by atoms with Gasteiger partial charge in [0.2, 0.25) is 5.91 Å². The maximum absolute atomic E-state index is 12.0. The van der Waals surface area contributed by atoms with Crippen molar-refractivity contribution in [2.75, 3.05) is 32.9 Å². The number of rotatable bonds is 3. The summed E-state index contributed by atoms with van der Waals surface area (Å²) in [5, 5.41) is 9.37. The van der Waals surface area contributed by atoms with Gasteiger partial charge in [0.05, 0.1) is 19.3 Å². The summed E-state index contributed by atoms with van der Waals surface area (Å²) < 4.78 is 5.20. The van der Waals surface area contributed by atoms with E-state index >= 15 is 0 Å². The number of morpholine rings is 1. The number of aliphatic hydroxyl groups is 1. The van der Waals surface area contributed by atoms with Crippen LogP contribution in [-0.2, 0) is 9.53 Å². The zero-order chi connectivity index (χ0) is 13.1. The molecule has 0 radical (unpaired) electrons. The van der Waals surface area contributed by atoms with Gasteiger partial charge in [0.1, 0.15) is 6.61 Å². The van der Waals surface area contributed by atoms with Crippen molar-refractivity contribution in [2.24, 2.45) is 0 Å². The maximum atomic E-state index is 12.0. The number of nitrogens with zero attached hydrogens (tertiary/aromatic N) is 2. The van der Waals surface area contributed by atoms with Crippen molar-refractivity contribution in [1.29, 1.82) is 0 Å². The summed E-state index contributed by atoms with van der Waals surface area (Å²) >= 11 is 0. The summed E-state index contributed by atoms with van der Waals surface area (Å²) in [4.78, 5) is 16.3. The molecule has 5 heteroatoms. The highest BCUT2D eigenvalue weighted by Gasteiger charge is 2.35. The zero-order valence-corrected chi connectivity index (χ0v) is 11.3. The van der Waals surface area contributed by atoms with Gasteiger partial charge in [0.15, 0.2) is 0 Å². The Morgan fingerprint density at radius 3 is 2.61 bits per heavy atom. The molecule has 2 heterocycles. The van der Waals surface area contributed by atoms with E-state index in [9.17, 15) is 9.90 Å². The third-order valence-corrected chi connectivity index (χ3v) is 4.05. The van der Waals surface area contributed by atoms with Crippen molar-refractivity contribution in [3.8, 4) is 0 Å². The Bertz CT molecular complexity index is 288. The van der Waals surface area contributed by atoms with Crippen molar-refractivity contribution < 1.29 is 14.6 Å². The minimum atomic E-state index is -0.151. The fourth-order valence-corrected chi connectivity index (χ4v) is 2.96. The average Bonchev–Trinajstić information content (AvgIpc) is 2.38. The first-order valence-corrected chi connectivity index (χ1v) is 6.87. The molecule has 18 heavy (non-hydrogen) atoms. The van der Waals surface area contributed by atoms with E-state index in [0.29, 0.717) is 12.6 Å². The molecule has 2 aliphatic heterocycles. The molecule has 0 spiro atoms. The van der Waals surface area contributed by atoms with Crippen LogP contribution in [0, 0.1) is 0 Å². The fraction of sp³-hybridized carbons (Fsp3) is 0.923. The number of hydrogen-bond donors (Lipinski definition) is 1. The van der Waals surface area contributed by atoms with Gasteiger partial charge in [0.25, 0.3) is 0 Å². The Kier molecular flexibility index (Phi) is 4.59. The van der Waals surface area contributed by atoms with Crippen molar-refractivity contribution in [3.63, 3.8) is 0 Å². The second-order valence-corrected chi connectivity index (χ2v) is 5.51. The minimum Gasteiger partial charge on any atom is -0.394 e. The van der Waals surface area contributed by atoms with Gasteiger partial charge in [-0.2, -0.15) is 0 Å². The molecule has 0 aromatic heterocycles. The summed E-state index contributed by atoms with van der Waals surface area (Å²) in [6.07, 6.45) is 2.00. The number of hydrogen-bond acceptors (Lipinski definition) is 4. The lowest BCUT2D eigenvalue weighted by Gasteiger charge is -2.44.